The second-order valence-corrected chi connectivity index (χ2v) is 8.44. The van der Waals surface area contributed by atoms with Crippen molar-refractivity contribution in [3.05, 3.63) is 75.1 Å². The number of thiazole rings is 1. The molecule has 0 spiro atoms. The van der Waals surface area contributed by atoms with E-state index in [-0.39, 0.29) is 0 Å². The van der Waals surface area contributed by atoms with Gasteiger partial charge >= 0.3 is 5.97 Å². The summed E-state index contributed by atoms with van der Waals surface area (Å²) >= 11 is 1.21. The fraction of sp³-hybridized carbons (Fsp3) is 0.208. The molecule has 0 amide bonds. The summed E-state index contributed by atoms with van der Waals surface area (Å²) in [6.07, 6.45) is 0. The van der Waals surface area contributed by atoms with Gasteiger partial charge in [0, 0.05) is 17.0 Å². The van der Waals surface area contributed by atoms with E-state index < -0.39 is 5.97 Å². The molecule has 0 atom stereocenters. The Morgan fingerprint density at radius 1 is 1.06 bits per heavy atom. The minimum absolute atomic E-state index is 0.403. The van der Waals surface area contributed by atoms with Crippen molar-refractivity contribution in [1.82, 2.24) is 4.98 Å². The molecule has 0 saturated carbocycles. The Bertz CT molecular complexity index is 1350. The molecule has 2 aromatic heterocycles. The van der Waals surface area contributed by atoms with E-state index in [1.165, 1.54) is 24.0 Å². The van der Waals surface area contributed by atoms with Gasteiger partial charge in [-0.25, -0.2) is 9.78 Å². The predicted octanol–water partition coefficient (Wildman–Crippen LogP) is 5.50. The minimum atomic E-state index is -0.403. The van der Waals surface area contributed by atoms with E-state index in [0.717, 1.165) is 38.8 Å². The molecule has 4 aromatic rings. The molecule has 7 heteroatoms. The molecular formula is C24H23N3O3S. The van der Waals surface area contributed by atoms with Crippen LogP contribution in [0.2, 0.25) is 0 Å². The maximum absolute atomic E-state index is 11.9. The van der Waals surface area contributed by atoms with Gasteiger partial charge in [-0.15, -0.1) is 0 Å². The summed E-state index contributed by atoms with van der Waals surface area (Å²) in [6.45, 7) is 7.94. The van der Waals surface area contributed by atoms with Gasteiger partial charge in [0.05, 0.1) is 18.2 Å². The largest absolute Gasteiger partial charge is 0.465 e. The van der Waals surface area contributed by atoms with Crippen LogP contribution < -0.4 is 10.8 Å². The summed E-state index contributed by atoms with van der Waals surface area (Å²) in [7, 11) is 1.36. The van der Waals surface area contributed by atoms with Crippen molar-refractivity contribution in [2.45, 2.75) is 27.7 Å². The molecule has 0 unspecified atom stereocenters. The summed E-state index contributed by atoms with van der Waals surface area (Å²) in [6, 6.07) is 14.2. The van der Waals surface area contributed by atoms with Crippen molar-refractivity contribution in [1.29, 1.82) is 0 Å². The van der Waals surface area contributed by atoms with Gasteiger partial charge in [-0.05, 0) is 51.0 Å². The van der Waals surface area contributed by atoms with Gasteiger partial charge in [0.2, 0.25) is 5.13 Å². The van der Waals surface area contributed by atoms with E-state index in [4.69, 9.17) is 9.15 Å². The number of hydrogen-bond acceptors (Lipinski definition) is 7. The Morgan fingerprint density at radius 2 is 1.77 bits per heavy atom. The standard InChI is InChI=1S/C24H23N3O3S/c1-13-6-8-17(9-7-13)20-12-19(18-10-14(2)15(3)11-21(18)30-20)26-27-24-25-16(4)22(31-24)23(28)29-5/h6-12H,1-5H3,(H,25,27). The first kappa shape index (κ1) is 20.8. The first-order chi connectivity index (χ1) is 14.9. The van der Waals surface area contributed by atoms with Crippen molar-refractivity contribution in [2.75, 3.05) is 12.5 Å². The van der Waals surface area contributed by atoms with Crippen LogP contribution in [-0.4, -0.2) is 18.1 Å². The molecule has 6 nitrogen and oxygen atoms in total. The van der Waals surface area contributed by atoms with E-state index in [0.29, 0.717) is 15.7 Å². The molecule has 1 N–H and O–H groups in total. The smallest absolute Gasteiger partial charge is 0.350 e. The molecule has 2 heterocycles. The maximum Gasteiger partial charge on any atom is 0.350 e. The molecular weight excluding hydrogens is 410 g/mol. The molecule has 31 heavy (non-hydrogen) atoms. The number of aryl methyl sites for hydroxylation is 4. The zero-order valence-electron chi connectivity index (χ0n) is 18.1. The van der Waals surface area contributed by atoms with Crippen LogP contribution in [0.15, 0.2) is 52.0 Å². The van der Waals surface area contributed by atoms with Crippen molar-refractivity contribution < 1.29 is 13.9 Å². The number of aromatic nitrogens is 1. The second kappa shape index (κ2) is 8.35. The summed E-state index contributed by atoms with van der Waals surface area (Å²) in [5, 5.41) is 6.75. The lowest BCUT2D eigenvalue weighted by atomic mass is 10.1. The summed E-state index contributed by atoms with van der Waals surface area (Å²) in [4.78, 5) is 16.7. The van der Waals surface area contributed by atoms with E-state index in [2.05, 4.69) is 54.5 Å². The van der Waals surface area contributed by atoms with Crippen LogP contribution in [0.3, 0.4) is 0 Å². The van der Waals surface area contributed by atoms with Crippen LogP contribution in [0.5, 0.6) is 0 Å². The molecule has 2 aromatic carbocycles. The number of nitrogens with one attached hydrogen (secondary N) is 1. The molecule has 0 fully saturated rings. The number of carbonyl (C=O) groups excluding carboxylic acids is 1. The number of fused-ring (bicyclic) bond motifs is 1. The normalized spacial score (nSPS) is 11.7. The molecule has 158 valence electrons. The summed E-state index contributed by atoms with van der Waals surface area (Å²) < 4.78 is 11.0. The molecule has 0 bridgehead atoms. The van der Waals surface area contributed by atoms with E-state index in [1.54, 1.807) is 6.92 Å². The number of anilines is 1. The molecule has 0 aliphatic heterocycles. The number of hydrogen-bond donors (Lipinski definition) is 1. The Morgan fingerprint density at radius 3 is 2.48 bits per heavy atom. The quantitative estimate of drug-likeness (QED) is 0.339. The van der Waals surface area contributed by atoms with Crippen LogP contribution in [0.4, 0.5) is 5.13 Å². The van der Waals surface area contributed by atoms with Crippen molar-refractivity contribution in [2.24, 2.45) is 5.10 Å². The number of methoxy groups -OCH3 is 1. The van der Waals surface area contributed by atoms with Crippen LogP contribution >= 0.6 is 11.3 Å². The zero-order valence-corrected chi connectivity index (χ0v) is 18.9. The van der Waals surface area contributed by atoms with Gasteiger partial charge in [-0.3, -0.25) is 5.43 Å². The Kier molecular flexibility index (Phi) is 5.61. The lowest BCUT2D eigenvalue weighted by molar-refractivity contribution is 0.0605. The zero-order chi connectivity index (χ0) is 22.1. The van der Waals surface area contributed by atoms with E-state index >= 15 is 0 Å². The fourth-order valence-corrected chi connectivity index (χ4v) is 4.04. The SMILES string of the molecule is COC(=O)c1sc(NN=c2cc(-c3ccc(C)cc3)oc3cc(C)c(C)cc23)nc1C. The lowest BCUT2D eigenvalue weighted by Gasteiger charge is -2.08. The van der Waals surface area contributed by atoms with Crippen LogP contribution in [0, 0.1) is 27.7 Å². The third kappa shape index (κ3) is 4.22. The van der Waals surface area contributed by atoms with E-state index in [1.807, 2.05) is 24.3 Å². The number of esters is 1. The number of rotatable bonds is 4. The highest BCUT2D eigenvalue weighted by atomic mass is 32.1. The van der Waals surface area contributed by atoms with Gasteiger partial charge in [-0.2, -0.15) is 5.10 Å². The van der Waals surface area contributed by atoms with Crippen LogP contribution in [-0.2, 0) is 4.74 Å². The highest BCUT2D eigenvalue weighted by Crippen LogP contribution is 2.26. The van der Waals surface area contributed by atoms with Crippen molar-refractivity contribution >= 4 is 33.4 Å². The molecule has 0 saturated heterocycles. The van der Waals surface area contributed by atoms with Crippen LogP contribution in [0.1, 0.15) is 32.1 Å². The third-order valence-corrected chi connectivity index (χ3v) is 6.18. The van der Waals surface area contributed by atoms with Crippen molar-refractivity contribution in [3.8, 4) is 11.3 Å². The lowest BCUT2D eigenvalue weighted by Crippen LogP contribution is -2.08. The Labute approximate surface area is 184 Å². The first-order valence-corrected chi connectivity index (χ1v) is 10.6. The predicted molar refractivity (Wildman–Crippen MR) is 123 cm³/mol. The van der Waals surface area contributed by atoms with Crippen molar-refractivity contribution in [3.63, 3.8) is 0 Å². The number of carbonyl (C=O) groups is 1. The maximum atomic E-state index is 11.9. The van der Waals surface area contributed by atoms with Gasteiger partial charge in [0.1, 0.15) is 16.2 Å². The summed E-state index contributed by atoms with van der Waals surface area (Å²) in [5.41, 5.74) is 8.82. The van der Waals surface area contributed by atoms with Gasteiger partial charge in [-0.1, -0.05) is 41.2 Å². The molecule has 0 aliphatic carbocycles. The van der Waals surface area contributed by atoms with Gasteiger partial charge < -0.3 is 9.15 Å². The fourth-order valence-electron chi connectivity index (χ4n) is 3.21. The van der Waals surface area contributed by atoms with Gasteiger partial charge in [0.15, 0.2) is 0 Å². The van der Waals surface area contributed by atoms with E-state index in [9.17, 15) is 4.79 Å². The third-order valence-electron chi connectivity index (χ3n) is 5.14. The summed E-state index contributed by atoms with van der Waals surface area (Å²) in [5.74, 6) is 0.321. The molecule has 0 radical (unpaired) electrons. The Hall–Kier alpha value is -3.45. The Balaban J connectivity index is 1.84. The average Bonchev–Trinajstić information content (AvgIpc) is 3.13. The average molecular weight is 434 g/mol. The molecule has 0 aliphatic rings. The highest BCUT2D eigenvalue weighted by Gasteiger charge is 2.15. The topological polar surface area (TPSA) is 76.7 Å². The number of benzene rings is 2. The van der Waals surface area contributed by atoms with Crippen LogP contribution in [0.25, 0.3) is 22.3 Å². The number of ether oxygens (including phenoxy) is 1. The monoisotopic (exact) mass is 433 g/mol. The number of nitrogens with zero attached hydrogens (tertiary/aromatic N) is 2. The highest BCUT2D eigenvalue weighted by molar-refractivity contribution is 7.17. The van der Waals surface area contributed by atoms with Gasteiger partial charge in [0.25, 0.3) is 0 Å². The second-order valence-electron chi connectivity index (χ2n) is 7.44. The minimum Gasteiger partial charge on any atom is -0.465 e. The first-order valence-electron chi connectivity index (χ1n) is 9.83. The molecule has 4 rings (SSSR count).